The van der Waals surface area contributed by atoms with Crippen LogP contribution >= 0.6 is 11.7 Å². The number of halogens is 1. The number of anilines is 1. The molecule has 3 heterocycles. The van der Waals surface area contributed by atoms with Gasteiger partial charge in [0.25, 0.3) is 0 Å². The SMILES string of the molecule is CNc1nsnc1-c1nc2cccc(F)c2n1CC1=CC=CNN1. The van der Waals surface area contributed by atoms with E-state index in [0.717, 1.165) is 17.4 Å². The molecule has 4 rings (SSSR count). The molecular formula is C15H14FN7S. The van der Waals surface area contributed by atoms with Crippen LogP contribution in [0.4, 0.5) is 10.2 Å². The molecule has 24 heavy (non-hydrogen) atoms. The number of aromatic nitrogens is 4. The number of hydrazine groups is 1. The first-order valence-corrected chi connectivity index (χ1v) is 8.03. The van der Waals surface area contributed by atoms with Crippen molar-refractivity contribution in [3.8, 4) is 11.5 Å². The number of nitrogens with zero attached hydrogens (tertiary/aromatic N) is 4. The lowest BCUT2D eigenvalue weighted by molar-refractivity contribution is 0.614. The second kappa shape index (κ2) is 5.93. The van der Waals surface area contributed by atoms with Crippen LogP contribution in [0, 0.1) is 5.82 Å². The maximum Gasteiger partial charge on any atom is 0.171 e. The highest BCUT2D eigenvalue weighted by Gasteiger charge is 2.21. The Morgan fingerprint density at radius 2 is 2.25 bits per heavy atom. The molecular weight excluding hydrogens is 329 g/mol. The van der Waals surface area contributed by atoms with Gasteiger partial charge < -0.3 is 20.7 Å². The molecule has 0 saturated heterocycles. The number of allylic oxidation sites excluding steroid dienone is 3. The Bertz CT molecular complexity index is 956. The van der Waals surface area contributed by atoms with Gasteiger partial charge in [-0.15, -0.1) is 0 Å². The van der Waals surface area contributed by atoms with Crippen LogP contribution in [0.5, 0.6) is 0 Å². The number of hydrogen-bond acceptors (Lipinski definition) is 7. The number of rotatable bonds is 4. The van der Waals surface area contributed by atoms with E-state index in [9.17, 15) is 4.39 Å². The second-order valence-corrected chi connectivity index (χ2v) is 5.69. The lowest BCUT2D eigenvalue weighted by Gasteiger charge is -2.16. The molecule has 0 atom stereocenters. The molecule has 0 spiro atoms. The van der Waals surface area contributed by atoms with E-state index in [-0.39, 0.29) is 5.82 Å². The molecule has 0 fully saturated rings. The summed E-state index contributed by atoms with van der Waals surface area (Å²) in [6.45, 7) is 0.421. The third-order valence-electron chi connectivity index (χ3n) is 3.69. The summed E-state index contributed by atoms with van der Waals surface area (Å²) < 4.78 is 24.8. The van der Waals surface area contributed by atoms with Gasteiger partial charge in [0.1, 0.15) is 11.3 Å². The normalized spacial score (nSPS) is 13.5. The summed E-state index contributed by atoms with van der Waals surface area (Å²) in [5, 5.41) is 3.00. The van der Waals surface area contributed by atoms with Crippen molar-refractivity contribution in [3.63, 3.8) is 0 Å². The molecule has 3 N–H and O–H groups in total. The average Bonchev–Trinajstić information content (AvgIpc) is 3.21. The van der Waals surface area contributed by atoms with Crippen molar-refractivity contribution in [2.24, 2.45) is 0 Å². The summed E-state index contributed by atoms with van der Waals surface area (Å²) in [7, 11) is 1.77. The molecule has 2 aromatic heterocycles. The Kier molecular flexibility index (Phi) is 3.62. The van der Waals surface area contributed by atoms with Crippen LogP contribution in [-0.4, -0.2) is 25.3 Å². The van der Waals surface area contributed by atoms with Crippen molar-refractivity contribution in [2.75, 3.05) is 12.4 Å². The van der Waals surface area contributed by atoms with Crippen LogP contribution in [-0.2, 0) is 6.54 Å². The van der Waals surface area contributed by atoms with Crippen LogP contribution < -0.4 is 16.2 Å². The minimum Gasteiger partial charge on any atom is -0.370 e. The Labute approximate surface area is 141 Å². The zero-order valence-corrected chi connectivity index (χ0v) is 13.6. The van der Waals surface area contributed by atoms with Crippen LogP contribution in [0.15, 0.2) is 42.2 Å². The topological polar surface area (TPSA) is 79.7 Å². The first kappa shape index (κ1) is 14.6. The number of imidazole rings is 1. The molecule has 0 unspecified atom stereocenters. The van der Waals surface area contributed by atoms with Crippen molar-refractivity contribution < 1.29 is 4.39 Å². The fraction of sp³-hybridized carbons (Fsp3) is 0.133. The molecule has 1 aliphatic rings. The first-order chi connectivity index (χ1) is 11.8. The van der Waals surface area contributed by atoms with Crippen LogP contribution in [0.25, 0.3) is 22.6 Å². The Morgan fingerprint density at radius 3 is 3.04 bits per heavy atom. The quantitative estimate of drug-likeness (QED) is 0.674. The highest BCUT2D eigenvalue weighted by atomic mass is 32.1. The zero-order valence-electron chi connectivity index (χ0n) is 12.7. The van der Waals surface area contributed by atoms with Crippen molar-refractivity contribution in [1.82, 2.24) is 29.1 Å². The summed E-state index contributed by atoms with van der Waals surface area (Å²) in [5.74, 6) is 0.881. The van der Waals surface area contributed by atoms with Gasteiger partial charge in [-0.1, -0.05) is 6.07 Å². The van der Waals surface area contributed by atoms with Crippen molar-refractivity contribution in [1.29, 1.82) is 0 Å². The summed E-state index contributed by atoms with van der Waals surface area (Å²) >= 11 is 1.09. The van der Waals surface area contributed by atoms with E-state index < -0.39 is 0 Å². The van der Waals surface area contributed by atoms with Gasteiger partial charge in [-0.2, -0.15) is 8.75 Å². The van der Waals surface area contributed by atoms with Gasteiger partial charge >= 0.3 is 0 Å². The van der Waals surface area contributed by atoms with Gasteiger partial charge in [0, 0.05) is 13.2 Å². The lowest BCUT2D eigenvalue weighted by atomic mass is 10.3. The van der Waals surface area contributed by atoms with Crippen molar-refractivity contribution in [2.45, 2.75) is 6.54 Å². The van der Waals surface area contributed by atoms with Gasteiger partial charge in [-0.3, -0.25) is 0 Å². The standard InChI is InChI=1S/C15H14FN7S/c1-17-14-12(21-24-22-14)15-19-11-6-2-5-10(16)13(11)23(15)8-9-4-3-7-18-20-9/h2-7,18,20H,8H2,1H3,(H,17,22). The second-order valence-electron chi connectivity index (χ2n) is 5.16. The monoisotopic (exact) mass is 343 g/mol. The highest BCUT2D eigenvalue weighted by molar-refractivity contribution is 6.99. The number of para-hydroxylation sites is 1. The zero-order chi connectivity index (χ0) is 16.5. The van der Waals surface area contributed by atoms with E-state index in [2.05, 4.69) is 29.9 Å². The fourth-order valence-electron chi connectivity index (χ4n) is 2.63. The maximum absolute atomic E-state index is 14.5. The Hall–Kier alpha value is -2.94. The Balaban J connectivity index is 1.92. The smallest absolute Gasteiger partial charge is 0.171 e. The molecule has 7 nitrogen and oxygen atoms in total. The Morgan fingerprint density at radius 1 is 1.33 bits per heavy atom. The molecule has 0 bridgehead atoms. The van der Waals surface area contributed by atoms with Gasteiger partial charge in [-0.05, 0) is 24.3 Å². The van der Waals surface area contributed by atoms with E-state index >= 15 is 0 Å². The summed E-state index contributed by atoms with van der Waals surface area (Å²) in [5.41, 5.74) is 8.49. The molecule has 1 aliphatic heterocycles. The maximum atomic E-state index is 14.5. The number of benzene rings is 1. The number of hydrogen-bond donors (Lipinski definition) is 3. The van der Waals surface area contributed by atoms with Gasteiger partial charge in [0.05, 0.1) is 29.5 Å². The molecule has 0 radical (unpaired) electrons. The summed E-state index contributed by atoms with van der Waals surface area (Å²) in [6.07, 6.45) is 5.58. The van der Waals surface area contributed by atoms with E-state index in [1.807, 2.05) is 16.7 Å². The molecule has 0 saturated carbocycles. The summed E-state index contributed by atoms with van der Waals surface area (Å²) in [4.78, 5) is 4.58. The minimum absolute atomic E-state index is 0.319. The van der Waals surface area contributed by atoms with Gasteiger partial charge in [0.2, 0.25) is 0 Å². The molecule has 3 aromatic rings. The van der Waals surface area contributed by atoms with E-state index in [4.69, 9.17) is 0 Å². The third kappa shape index (κ3) is 2.38. The molecule has 0 amide bonds. The predicted molar refractivity (Wildman–Crippen MR) is 91.6 cm³/mol. The average molecular weight is 343 g/mol. The minimum atomic E-state index is -0.319. The summed E-state index contributed by atoms with van der Waals surface area (Å²) in [6, 6.07) is 4.88. The highest BCUT2D eigenvalue weighted by Crippen LogP contribution is 2.30. The fourth-order valence-corrected chi connectivity index (χ4v) is 3.18. The van der Waals surface area contributed by atoms with E-state index in [1.54, 1.807) is 25.4 Å². The van der Waals surface area contributed by atoms with E-state index in [1.165, 1.54) is 6.07 Å². The van der Waals surface area contributed by atoms with Gasteiger partial charge in [-0.25, -0.2) is 9.37 Å². The largest absolute Gasteiger partial charge is 0.370 e. The van der Waals surface area contributed by atoms with Gasteiger partial charge in [0.15, 0.2) is 17.3 Å². The van der Waals surface area contributed by atoms with Crippen molar-refractivity contribution in [3.05, 3.63) is 48.1 Å². The molecule has 0 aliphatic carbocycles. The molecule has 9 heteroatoms. The lowest BCUT2D eigenvalue weighted by Crippen LogP contribution is -2.30. The van der Waals surface area contributed by atoms with Crippen molar-refractivity contribution >= 4 is 28.6 Å². The third-order valence-corrected chi connectivity index (χ3v) is 4.22. The molecule has 1 aromatic carbocycles. The van der Waals surface area contributed by atoms with E-state index in [0.29, 0.717) is 34.9 Å². The predicted octanol–water partition coefficient (Wildman–Crippen LogP) is 2.24. The first-order valence-electron chi connectivity index (χ1n) is 7.30. The van der Waals surface area contributed by atoms with Crippen LogP contribution in [0.1, 0.15) is 0 Å². The molecule has 122 valence electrons. The number of nitrogens with one attached hydrogen (secondary N) is 3. The van der Waals surface area contributed by atoms with Crippen LogP contribution in [0.2, 0.25) is 0 Å². The van der Waals surface area contributed by atoms with Crippen LogP contribution in [0.3, 0.4) is 0 Å². The number of fused-ring (bicyclic) bond motifs is 1.